The van der Waals surface area contributed by atoms with Crippen LogP contribution in [0.3, 0.4) is 0 Å². The number of aryl methyl sites for hydroxylation is 1. The summed E-state index contributed by atoms with van der Waals surface area (Å²) in [5.41, 5.74) is 0.996. The number of H-pyrrole nitrogens is 1. The van der Waals surface area contributed by atoms with Crippen molar-refractivity contribution >= 4 is 22.7 Å². The minimum atomic E-state index is -4.51. The zero-order chi connectivity index (χ0) is 20.3. The quantitative estimate of drug-likeness (QED) is 0.503. The standard InChI is InChI=1S/C20H16F3NO4/c1-12-19(15-7-2-3-8-16(15)24-12)17(25)10-28-18(26)11-27-14-6-4-5-13(9-14)20(21,22)23/h2-9,24H,10-11H2,1H3. The van der Waals surface area contributed by atoms with Gasteiger partial charge in [0.15, 0.2) is 13.2 Å². The Morgan fingerprint density at radius 2 is 1.79 bits per heavy atom. The second-order valence-electron chi connectivity index (χ2n) is 6.07. The van der Waals surface area contributed by atoms with Crippen LogP contribution in [0.1, 0.15) is 21.6 Å². The Morgan fingerprint density at radius 3 is 2.54 bits per heavy atom. The van der Waals surface area contributed by atoms with Crippen LogP contribution in [0, 0.1) is 6.92 Å². The molecule has 0 radical (unpaired) electrons. The molecule has 0 atom stereocenters. The van der Waals surface area contributed by atoms with Gasteiger partial charge in [0.2, 0.25) is 5.78 Å². The highest BCUT2D eigenvalue weighted by Crippen LogP contribution is 2.31. The molecule has 0 unspecified atom stereocenters. The van der Waals surface area contributed by atoms with Crippen LogP contribution in [0.4, 0.5) is 13.2 Å². The number of halogens is 3. The number of nitrogens with one attached hydrogen (secondary N) is 1. The SMILES string of the molecule is Cc1[nH]c2ccccc2c1C(=O)COC(=O)COc1cccc(C(F)(F)F)c1. The van der Waals surface area contributed by atoms with Crippen LogP contribution in [0.5, 0.6) is 5.75 Å². The van der Waals surface area contributed by atoms with E-state index in [1.165, 1.54) is 12.1 Å². The Morgan fingerprint density at radius 1 is 1.04 bits per heavy atom. The number of ether oxygens (including phenoxy) is 2. The van der Waals surface area contributed by atoms with Crippen molar-refractivity contribution in [3.8, 4) is 5.75 Å². The van der Waals surface area contributed by atoms with Crippen molar-refractivity contribution in [2.24, 2.45) is 0 Å². The van der Waals surface area contributed by atoms with Gasteiger partial charge in [-0.05, 0) is 31.2 Å². The van der Waals surface area contributed by atoms with Crippen LogP contribution >= 0.6 is 0 Å². The molecule has 0 aliphatic heterocycles. The maximum absolute atomic E-state index is 12.7. The lowest BCUT2D eigenvalue weighted by Crippen LogP contribution is -2.20. The summed E-state index contributed by atoms with van der Waals surface area (Å²) in [6.07, 6.45) is -4.51. The van der Waals surface area contributed by atoms with Crippen LogP contribution in [-0.4, -0.2) is 30.0 Å². The van der Waals surface area contributed by atoms with Crippen LogP contribution < -0.4 is 4.74 Å². The third-order valence-electron chi connectivity index (χ3n) is 4.05. The lowest BCUT2D eigenvalue weighted by atomic mass is 10.1. The highest BCUT2D eigenvalue weighted by atomic mass is 19.4. The molecule has 146 valence electrons. The van der Waals surface area contributed by atoms with Gasteiger partial charge in [-0.1, -0.05) is 24.3 Å². The van der Waals surface area contributed by atoms with Crippen molar-refractivity contribution < 1.29 is 32.2 Å². The van der Waals surface area contributed by atoms with E-state index in [1.54, 1.807) is 19.1 Å². The van der Waals surface area contributed by atoms with Gasteiger partial charge in [0.1, 0.15) is 5.75 Å². The fraction of sp³-hybridized carbons (Fsp3) is 0.200. The summed E-state index contributed by atoms with van der Waals surface area (Å²) in [6.45, 7) is 0.640. The van der Waals surface area contributed by atoms with E-state index in [0.717, 1.165) is 23.0 Å². The Hall–Kier alpha value is -3.29. The monoisotopic (exact) mass is 391 g/mol. The van der Waals surface area contributed by atoms with E-state index >= 15 is 0 Å². The van der Waals surface area contributed by atoms with Crippen molar-refractivity contribution in [3.05, 3.63) is 65.4 Å². The van der Waals surface area contributed by atoms with Crippen molar-refractivity contribution in [2.75, 3.05) is 13.2 Å². The summed E-state index contributed by atoms with van der Waals surface area (Å²) in [7, 11) is 0. The third-order valence-corrected chi connectivity index (χ3v) is 4.05. The van der Waals surface area contributed by atoms with Gasteiger partial charge in [-0.25, -0.2) is 4.79 Å². The van der Waals surface area contributed by atoms with Gasteiger partial charge in [0.05, 0.1) is 5.56 Å². The van der Waals surface area contributed by atoms with Crippen molar-refractivity contribution in [1.29, 1.82) is 0 Å². The molecule has 0 aliphatic rings. The van der Waals surface area contributed by atoms with Gasteiger partial charge < -0.3 is 14.5 Å². The molecule has 28 heavy (non-hydrogen) atoms. The van der Waals surface area contributed by atoms with Crippen molar-refractivity contribution in [3.63, 3.8) is 0 Å². The number of rotatable bonds is 6. The van der Waals surface area contributed by atoms with E-state index in [-0.39, 0.29) is 11.5 Å². The molecule has 0 amide bonds. The molecule has 1 aromatic heterocycles. The van der Waals surface area contributed by atoms with E-state index in [1.807, 2.05) is 12.1 Å². The fourth-order valence-electron chi connectivity index (χ4n) is 2.80. The van der Waals surface area contributed by atoms with Gasteiger partial charge in [0, 0.05) is 22.2 Å². The summed E-state index contributed by atoms with van der Waals surface area (Å²) in [4.78, 5) is 27.3. The molecule has 0 spiro atoms. The zero-order valence-electron chi connectivity index (χ0n) is 14.8. The lowest BCUT2D eigenvalue weighted by Gasteiger charge is -2.10. The highest BCUT2D eigenvalue weighted by Gasteiger charge is 2.30. The number of alkyl halides is 3. The first kappa shape index (κ1) is 19.5. The van der Waals surface area contributed by atoms with E-state index in [4.69, 9.17) is 9.47 Å². The number of Topliss-reactive ketones (excluding diaryl/α,β-unsaturated/α-hetero) is 1. The number of aromatic amines is 1. The zero-order valence-corrected chi connectivity index (χ0v) is 14.8. The molecule has 0 bridgehead atoms. The smallest absolute Gasteiger partial charge is 0.416 e. The number of benzene rings is 2. The topological polar surface area (TPSA) is 68.4 Å². The first-order valence-corrected chi connectivity index (χ1v) is 8.32. The summed E-state index contributed by atoms with van der Waals surface area (Å²) in [6, 6.07) is 11.4. The Kier molecular flexibility index (Phi) is 5.39. The van der Waals surface area contributed by atoms with Crippen molar-refractivity contribution in [1.82, 2.24) is 4.98 Å². The summed E-state index contributed by atoms with van der Waals surface area (Å²) in [5.74, 6) is -1.36. The van der Waals surface area contributed by atoms with E-state index in [2.05, 4.69) is 4.98 Å². The fourth-order valence-corrected chi connectivity index (χ4v) is 2.80. The normalized spacial score (nSPS) is 11.4. The van der Waals surface area contributed by atoms with Crippen LogP contribution in [0.2, 0.25) is 0 Å². The number of carbonyl (C=O) groups excluding carboxylic acids is 2. The van der Waals surface area contributed by atoms with Crippen molar-refractivity contribution in [2.45, 2.75) is 13.1 Å². The molecule has 0 fully saturated rings. The maximum atomic E-state index is 12.7. The average Bonchev–Trinajstić information content (AvgIpc) is 2.99. The molecule has 8 heteroatoms. The Bertz CT molecular complexity index is 1020. The molecule has 5 nitrogen and oxygen atoms in total. The Balaban J connectivity index is 1.57. The maximum Gasteiger partial charge on any atom is 0.416 e. The molecule has 3 aromatic rings. The van der Waals surface area contributed by atoms with Gasteiger partial charge in [-0.3, -0.25) is 4.79 Å². The second-order valence-corrected chi connectivity index (χ2v) is 6.07. The number of aromatic nitrogens is 1. The highest BCUT2D eigenvalue weighted by molar-refractivity contribution is 6.10. The van der Waals surface area contributed by atoms with Crippen LogP contribution in [0.15, 0.2) is 48.5 Å². The number of hydrogen-bond acceptors (Lipinski definition) is 4. The molecule has 3 rings (SSSR count). The summed E-state index contributed by atoms with van der Waals surface area (Å²) in [5, 5.41) is 0.723. The van der Waals surface area contributed by atoms with Gasteiger partial charge in [-0.15, -0.1) is 0 Å². The second kappa shape index (κ2) is 7.75. The summed E-state index contributed by atoms with van der Waals surface area (Å²) >= 11 is 0. The van der Waals surface area contributed by atoms with E-state index in [0.29, 0.717) is 11.3 Å². The first-order chi connectivity index (χ1) is 13.3. The number of fused-ring (bicyclic) bond motifs is 1. The van der Waals surface area contributed by atoms with Gasteiger partial charge >= 0.3 is 12.1 Å². The predicted octanol–water partition coefficient (Wildman–Crippen LogP) is 4.30. The molecule has 1 heterocycles. The van der Waals surface area contributed by atoms with E-state index in [9.17, 15) is 22.8 Å². The summed E-state index contributed by atoms with van der Waals surface area (Å²) < 4.78 is 47.9. The predicted molar refractivity (Wildman–Crippen MR) is 95.3 cm³/mol. The molecule has 0 saturated heterocycles. The first-order valence-electron chi connectivity index (χ1n) is 8.32. The van der Waals surface area contributed by atoms with Gasteiger partial charge in [-0.2, -0.15) is 13.2 Å². The minimum absolute atomic E-state index is 0.120. The van der Waals surface area contributed by atoms with Crippen LogP contribution in [0.25, 0.3) is 10.9 Å². The number of para-hydroxylation sites is 1. The third kappa shape index (κ3) is 4.33. The largest absolute Gasteiger partial charge is 0.482 e. The number of carbonyl (C=O) groups is 2. The van der Waals surface area contributed by atoms with E-state index < -0.39 is 30.9 Å². The molecule has 1 N–H and O–H groups in total. The number of hydrogen-bond donors (Lipinski definition) is 1. The lowest BCUT2D eigenvalue weighted by molar-refractivity contribution is -0.144. The molecule has 0 aliphatic carbocycles. The molecule has 2 aromatic carbocycles. The molecular formula is C20H16F3NO4. The Labute approximate surface area is 158 Å². The van der Waals surface area contributed by atoms with Gasteiger partial charge in [0.25, 0.3) is 0 Å². The minimum Gasteiger partial charge on any atom is -0.482 e. The average molecular weight is 391 g/mol. The molecular weight excluding hydrogens is 375 g/mol. The number of ketones is 1. The number of esters is 1. The van der Waals surface area contributed by atoms with Crippen LogP contribution in [-0.2, 0) is 15.7 Å². The molecule has 0 saturated carbocycles.